The Kier molecular flexibility index (Phi) is 6.68. The van der Waals surface area contributed by atoms with E-state index < -0.39 is 0 Å². The number of carbonyl (C=O) groups is 1. The second-order valence-corrected chi connectivity index (χ2v) is 6.82. The Balaban J connectivity index is 1.63. The van der Waals surface area contributed by atoms with Gasteiger partial charge in [0.2, 0.25) is 5.91 Å². The van der Waals surface area contributed by atoms with Crippen molar-refractivity contribution < 1.29 is 14.3 Å². The van der Waals surface area contributed by atoms with Gasteiger partial charge in [0, 0.05) is 38.2 Å². The first-order valence-electron chi connectivity index (χ1n) is 9.75. The van der Waals surface area contributed by atoms with Gasteiger partial charge in [0.15, 0.2) is 17.3 Å². The Hall–Kier alpha value is -2.83. The molecule has 1 aliphatic rings. The largest absolute Gasteiger partial charge is 0.493 e. The molecule has 1 aliphatic heterocycles. The number of benzene rings is 1. The summed E-state index contributed by atoms with van der Waals surface area (Å²) in [5, 5.41) is 8.78. The zero-order valence-electron chi connectivity index (χ0n) is 16.9. The number of rotatable bonds is 7. The van der Waals surface area contributed by atoms with Crippen LogP contribution in [0.25, 0.3) is 11.3 Å². The van der Waals surface area contributed by atoms with Gasteiger partial charge in [-0.2, -0.15) is 0 Å². The maximum absolute atomic E-state index is 12.2. The van der Waals surface area contributed by atoms with Gasteiger partial charge in [-0.25, -0.2) is 0 Å². The molecule has 0 saturated carbocycles. The number of unbranched alkanes of at least 4 members (excludes halogenated alkanes) is 1. The fourth-order valence-electron chi connectivity index (χ4n) is 3.31. The molecule has 1 amide bonds. The fraction of sp³-hybridized carbons (Fsp3) is 0.476. The van der Waals surface area contributed by atoms with Crippen LogP contribution in [0.15, 0.2) is 30.3 Å². The number of ether oxygens (including phenoxy) is 2. The van der Waals surface area contributed by atoms with Crippen molar-refractivity contribution in [2.75, 3.05) is 45.3 Å². The van der Waals surface area contributed by atoms with E-state index in [9.17, 15) is 4.79 Å². The zero-order valence-corrected chi connectivity index (χ0v) is 16.9. The molecular weight excluding hydrogens is 356 g/mol. The van der Waals surface area contributed by atoms with E-state index in [1.165, 1.54) is 0 Å². The third-order valence-corrected chi connectivity index (χ3v) is 5.03. The van der Waals surface area contributed by atoms with Crippen LogP contribution in [-0.4, -0.2) is 61.4 Å². The number of methoxy groups -OCH3 is 2. The normalized spacial score (nSPS) is 14.1. The molecule has 0 spiro atoms. The van der Waals surface area contributed by atoms with E-state index in [0.29, 0.717) is 17.9 Å². The van der Waals surface area contributed by atoms with E-state index in [4.69, 9.17) is 9.47 Å². The summed E-state index contributed by atoms with van der Waals surface area (Å²) >= 11 is 0. The molecule has 1 aromatic heterocycles. The predicted molar refractivity (Wildman–Crippen MR) is 109 cm³/mol. The van der Waals surface area contributed by atoms with Gasteiger partial charge in [0.25, 0.3) is 0 Å². The van der Waals surface area contributed by atoms with Crippen molar-refractivity contribution in [2.45, 2.75) is 26.2 Å². The van der Waals surface area contributed by atoms with Gasteiger partial charge in [-0.1, -0.05) is 13.3 Å². The van der Waals surface area contributed by atoms with Crippen LogP contribution in [0.1, 0.15) is 26.2 Å². The first kappa shape index (κ1) is 19.9. The van der Waals surface area contributed by atoms with E-state index in [1.807, 2.05) is 35.2 Å². The van der Waals surface area contributed by atoms with E-state index >= 15 is 0 Å². The maximum atomic E-state index is 12.2. The molecule has 1 aromatic carbocycles. The van der Waals surface area contributed by atoms with E-state index in [-0.39, 0.29) is 5.91 Å². The molecule has 2 aromatic rings. The lowest BCUT2D eigenvalue weighted by atomic mass is 10.1. The number of hydrogen-bond acceptors (Lipinski definition) is 6. The van der Waals surface area contributed by atoms with Crippen LogP contribution in [0.2, 0.25) is 0 Å². The molecule has 0 unspecified atom stereocenters. The maximum Gasteiger partial charge on any atom is 0.222 e. The molecule has 1 saturated heterocycles. The van der Waals surface area contributed by atoms with Gasteiger partial charge in [0.1, 0.15) is 0 Å². The molecule has 1 fully saturated rings. The van der Waals surface area contributed by atoms with Gasteiger partial charge in [-0.05, 0) is 36.8 Å². The van der Waals surface area contributed by atoms with Crippen LogP contribution in [0.3, 0.4) is 0 Å². The van der Waals surface area contributed by atoms with Crippen molar-refractivity contribution in [1.29, 1.82) is 0 Å². The van der Waals surface area contributed by atoms with Crippen molar-refractivity contribution in [3.05, 3.63) is 30.3 Å². The molecular formula is C21H28N4O3. The van der Waals surface area contributed by atoms with Crippen molar-refractivity contribution in [1.82, 2.24) is 15.1 Å². The van der Waals surface area contributed by atoms with Crippen molar-refractivity contribution in [3.8, 4) is 22.8 Å². The molecule has 0 radical (unpaired) electrons. The van der Waals surface area contributed by atoms with Gasteiger partial charge < -0.3 is 19.3 Å². The van der Waals surface area contributed by atoms with Crippen LogP contribution in [0, 0.1) is 0 Å². The highest BCUT2D eigenvalue weighted by Gasteiger charge is 2.21. The van der Waals surface area contributed by atoms with Gasteiger partial charge >= 0.3 is 0 Å². The van der Waals surface area contributed by atoms with Crippen LogP contribution in [0.4, 0.5) is 5.82 Å². The van der Waals surface area contributed by atoms with Crippen molar-refractivity contribution in [3.63, 3.8) is 0 Å². The number of piperazine rings is 1. The van der Waals surface area contributed by atoms with Gasteiger partial charge in [0.05, 0.1) is 19.9 Å². The number of amides is 1. The molecule has 0 N–H and O–H groups in total. The SMILES string of the molecule is CCCCC(=O)N1CCN(c2ccc(-c3ccc(OC)c(OC)c3)nn2)CC1. The number of carbonyl (C=O) groups excluding carboxylic acids is 1. The molecule has 0 aliphatic carbocycles. The first-order chi connectivity index (χ1) is 13.7. The van der Waals surface area contributed by atoms with E-state index in [0.717, 1.165) is 56.1 Å². The summed E-state index contributed by atoms with van der Waals surface area (Å²) in [6, 6.07) is 9.63. The minimum atomic E-state index is 0.261. The topological polar surface area (TPSA) is 67.8 Å². The quantitative estimate of drug-likeness (QED) is 0.731. The lowest BCUT2D eigenvalue weighted by molar-refractivity contribution is -0.131. The second-order valence-electron chi connectivity index (χ2n) is 6.82. The van der Waals surface area contributed by atoms with E-state index in [2.05, 4.69) is 22.0 Å². The number of aromatic nitrogens is 2. The Bertz CT molecular complexity index is 787. The predicted octanol–water partition coefficient (Wildman–Crippen LogP) is 3.00. The van der Waals surface area contributed by atoms with Crippen molar-refractivity contribution >= 4 is 11.7 Å². The highest BCUT2D eigenvalue weighted by Crippen LogP contribution is 2.31. The summed E-state index contributed by atoms with van der Waals surface area (Å²) in [7, 11) is 3.23. The lowest BCUT2D eigenvalue weighted by Gasteiger charge is -2.35. The highest BCUT2D eigenvalue weighted by atomic mass is 16.5. The Morgan fingerprint density at radius 1 is 1.00 bits per heavy atom. The zero-order chi connectivity index (χ0) is 19.9. The summed E-state index contributed by atoms with van der Waals surface area (Å²) in [5.74, 6) is 2.44. The smallest absolute Gasteiger partial charge is 0.222 e. The van der Waals surface area contributed by atoms with Gasteiger partial charge in [-0.3, -0.25) is 4.79 Å². The molecule has 7 heteroatoms. The lowest BCUT2D eigenvalue weighted by Crippen LogP contribution is -2.49. The molecule has 28 heavy (non-hydrogen) atoms. The van der Waals surface area contributed by atoms with Crippen LogP contribution >= 0.6 is 0 Å². The molecule has 7 nitrogen and oxygen atoms in total. The van der Waals surface area contributed by atoms with Crippen LogP contribution in [-0.2, 0) is 4.79 Å². The molecule has 3 rings (SSSR count). The summed E-state index contributed by atoms with van der Waals surface area (Å²) in [6.07, 6.45) is 2.66. The summed E-state index contributed by atoms with van der Waals surface area (Å²) < 4.78 is 10.6. The molecule has 0 atom stereocenters. The number of anilines is 1. The Morgan fingerprint density at radius 2 is 1.75 bits per heavy atom. The Labute approximate surface area is 166 Å². The minimum absolute atomic E-state index is 0.261. The second kappa shape index (κ2) is 9.39. The summed E-state index contributed by atoms with van der Waals surface area (Å²) in [4.78, 5) is 16.3. The number of hydrogen-bond donors (Lipinski definition) is 0. The summed E-state index contributed by atoms with van der Waals surface area (Å²) in [5.41, 5.74) is 1.70. The monoisotopic (exact) mass is 384 g/mol. The third kappa shape index (κ3) is 4.52. The summed E-state index contributed by atoms with van der Waals surface area (Å²) in [6.45, 7) is 5.14. The highest BCUT2D eigenvalue weighted by molar-refractivity contribution is 5.76. The Morgan fingerprint density at radius 3 is 2.36 bits per heavy atom. The van der Waals surface area contributed by atoms with Crippen LogP contribution in [0.5, 0.6) is 11.5 Å². The third-order valence-electron chi connectivity index (χ3n) is 5.03. The van der Waals surface area contributed by atoms with Crippen LogP contribution < -0.4 is 14.4 Å². The number of nitrogens with zero attached hydrogens (tertiary/aromatic N) is 4. The molecule has 2 heterocycles. The molecule has 0 bridgehead atoms. The van der Waals surface area contributed by atoms with Crippen molar-refractivity contribution in [2.24, 2.45) is 0 Å². The standard InChI is InChI=1S/C21H28N4O3/c1-4-5-6-21(26)25-13-11-24(12-14-25)20-10-8-17(22-23-20)16-7-9-18(27-2)19(15-16)28-3/h7-10,15H,4-6,11-14H2,1-3H3. The average Bonchev–Trinajstić information content (AvgIpc) is 2.77. The van der Waals surface area contributed by atoms with E-state index in [1.54, 1.807) is 14.2 Å². The molecule has 150 valence electrons. The average molecular weight is 384 g/mol. The minimum Gasteiger partial charge on any atom is -0.493 e. The van der Waals surface area contributed by atoms with Gasteiger partial charge in [-0.15, -0.1) is 10.2 Å². The fourth-order valence-corrected chi connectivity index (χ4v) is 3.31. The first-order valence-corrected chi connectivity index (χ1v) is 9.75.